The third-order valence-corrected chi connectivity index (χ3v) is 2.78. The van der Waals surface area contributed by atoms with E-state index < -0.39 is 43.4 Å². The van der Waals surface area contributed by atoms with Crippen LogP contribution in [0.15, 0.2) is 24.4 Å². The number of non-ortho nitro benzene ring substituents is 1. The molecular formula is C11H8N6O7. The number of anilines is 1. The molecule has 1 aromatic carbocycles. The lowest BCUT2D eigenvalue weighted by Crippen LogP contribution is -2.09. The summed E-state index contributed by atoms with van der Waals surface area (Å²) in [6.45, 7) is 1.20. The van der Waals surface area contributed by atoms with Crippen LogP contribution in [-0.4, -0.2) is 30.5 Å². The second-order valence-electron chi connectivity index (χ2n) is 4.43. The van der Waals surface area contributed by atoms with Gasteiger partial charge >= 0.3 is 11.4 Å². The molecule has 24 heavy (non-hydrogen) atoms. The molecule has 1 amide bonds. The Morgan fingerprint density at radius 2 is 1.62 bits per heavy atom. The number of hydrogen-bond donors (Lipinski definition) is 1. The number of rotatable bonds is 5. The number of carbonyl (C=O) groups is 1. The fourth-order valence-corrected chi connectivity index (χ4v) is 1.90. The number of nitro groups is 3. The van der Waals surface area contributed by atoms with Crippen LogP contribution in [0.4, 0.5) is 22.9 Å². The van der Waals surface area contributed by atoms with E-state index in [9.17, 15) is 35.1 Å². The largest absolute Gasteiger partial charge is 0.309 e. The average Bonchev–Trinajstić information content (AvgIpc) is 2.92. The molecule has 0 unspecified atom stereocenters. The molecule has 0 atom stereocenters. The summed E-state index contributed by atoms with van der Waals surface area (Å²) in [4.78, 5) is 41.2. The van der Waals surface area contributed by atoms with Gasteiger partial charge in [-0.3, -0.25) is 35.1 Å². The quantitative estimate of drug-likeness (QED) is 0.631. The standard InChI is InChI=1S/C11H8N6O7/c1-6(18)12-10-2-3-14(13-10)11-8(16(21)22)4-7(15(19)20)5-9(11)17(23)24/h2-5H,1H3,(H,12,13,18). The second kappa shape index (κ2) is 6.07. The molecule has 1 N–H and O–H groups in total. The number of carbonyl (C=O) groups excluding carboxylic acids is 1. The molecule has 0 aliphatic rings. The minimum atomic E-state index is -0.991. The summed E-state index contributed by atoms with van der Waals surface area (Å²) in [5.41, 5.74) is -3.10. The van der Waals surface area contributed by atoms with E-state index in [4.69, 9.17) is 0 Å². The van der Waals surface area contributed by atoms with Gasteiger partial charge in [-0.2, -0.15) is 0 Å². The summed E-state index contributed by atoms with van der Waals surface area (Å²) in [6, 6.07) is 2.46. The molecule has 2 aromatic rings. The molecule has 0 bridgehead atoms. The topological polar surface area (TPSA) is 176 Å². The van der Waals surface area contributed by atoms with Crippen molar-refractivity contribution in [3.63, 3.8) is 0 Å². The van der Waals surface area contributed by atoms with E-state index in [-0.39, 0.29) is 5.82 Å². The summed E-state index contributed by atoms with van der Waals surface area (Å²) in [6.07, 6.45) is 1.15. The van der Waals surface area contributed by atoms with E-state index in [0.29, 0.717) is 12.1 Å². The summed E-state index contributed by atoms with van der Waals surface area (Å²) in [5.74, 6) is -0.461. The fourth-order valence-electron chi connectivity index (χ4n) is 1.90. The minimum absolute atomic E-state index is 0.00412. The summed E-state index contributed by atoms with van der Waals surface area (Å²) in [7, 11) is 0. The van der Waals surface area contributed by atoms with Crippen LogP contribution in [0, 0.1) is 30.3 Å². The van der Waals surface area contributed by atoms with Gasteiger partial charge in [-0.05, 0) is 0 Å². The van der Waals surface area contributed by atoms with E-state index in [1.54, 1.807) is 0 Å². The summed E-state index contributed by atoms with van der Waals surface area (Å²) < 4.78 is 0.797. The highest BCUT2D eigenvalue weighted by Gasteiger charge is 2.32. The van der Waals surface area contributed by atoms with E-state index in [0.717, 1.165) is 10.9 Å². The Morgan fingerprint density at radius 3 is 2.04 bits per heavy atom. The van der Waals surface area contributed by atoms with Gasteiger partial charge in [0.05, 0.1) is 26.9 Å². The second-order valence-corrected chi connectivity index (χ2v) is 4.43. The maximum Gasteiger partial charge on any atom is 0.308 e. The predicted octanol–water partition coefficient (Wildman–Crippen LogP) is 1.56. The van der Waals surface area contributed by atoms with Gasteiger partial charge in [-0.15, -0.1) is 5.10 Å². The van der Waals surface area contributed by atoms with Crippen molar-refractivity contribution in [2.24, 2.45) is 0 Å². The number of benzene rings is 1. The van der Waals surface area contributed by atoms with Crippen LogP contribution in [-0.2, 0) is 4.79 Å². The maximum atomic E-state index is 11.2. The molecule has 0 saturated heterocycles. The summed E-state index contributed by atoms with van der Waals surface area (Å²) in [5, 5.41) is 39.3. The first-order valence-corrected chi connectivity index (χ1v) is 6.15. The van der Waals surface area contributed by atoms with Crippen molar-refractivity contribution < 1.29 is 19.6 Å². The van der Waals surface area contributed by atoms with Crippen molar-refractivity contribution in [1.82, 2.24) is 9.78 Å². The van der Waals surface area contributed by atoms with E-state index >= 15 is 0 Å². The van der Waals surface area contributed by atoms with Crippen molar-refractivity contribution >= 4 is 28.8 Å². The van der Waals surface area contributed by atoms with Crippen molar-refractivity contribution in [2.45, 2.75) is 6.92 Å². The van der Waals surface area contributed by atoms with E-state index in [1.807, 2.05) is 0 Å². The molecule has 0 spiro atoms. The molecule has 1 aromatic heterocycles. The van der Waals surface area contributed by atoms with Crippen LogP contribution < -0.4 is 5.32 Å². The van der Waals surface area contributed by atoms with Crippen LogP contribution in [0.2, 0.25) is 0 Å². The Hall–Kier alpha value is -3.90. The molecule has 0 saturated carbocycles. The molecule has 0 radical (unpaired) electrons. The van der Waals surface area contributed by atoms with Gasteiger partial charge in [0.2, 0.25) is 11.6 Å². The molecule has 2 rings (SSSR count). The zero-order valence-electron chi connectivity index (χ0n) is 11.9. The number of nitro benzene ring substituents is 3. The number of nitrogens with zero attached hydrogens (tertiary/aromatic N) is 5. The Balaban J connectivity index is 2.73. The molecule has 124 valence electrons. The first kappa shape index (κ1) is 16.5. The van der Waals surface area contributed by atoms with Crippen molar-refractivity contribution in [2.75, 3.05) is 5.32 Å². The predicted molar refractivity (Wildman–Crippen MR) is 77.8 cm³/mol. The molecule has 13 heteroatoms. The van der Waals surface area contributed by atoms with Crippen molar-refractivity contribution in [3.05, 3.63) is 54.7 Å². The highest BCUT2D eigenvalue weighted by atomic mass is 16.6. The minimum Gasteiger partial charge on any atom is -0.309 e. The third kappa shape index (κ3) is 3.13. The lowest BCUT2D eigenvalue weighted by molar-refractivity contribution is -0.402. The smallest absolute Gasteiger partial charge is 0.308 e. The number of nitrogens with one attached hydrogen (secondary N) is 1. The molecule has 0 fully saturated rings. The Kier molecular flexibility index (Phi) is 4.17. The van der Waals surface area contributed by atoms with Crippen LogP contribution in [0.5, 0.6) is 0 Å². The van der Waals surface area contributed by atoms with Gasteiger partial charge in [-0.1, -0.05) is 0 Å². The molecule has 0 aliphatic carbocycles. The van der Waals surface area contributed by atoms with E-state index in [1.165, 1.54) is 13.0 Å². The Bertz CT molecular complexity index is 838. The average molecular weight is 336 g/mol. The maximum absolute atomic E-state index is 11.2. The first-order valence-electron chi connectivity index (χ1n) is 6.15. The first-order chi connectivity index (χ1) is 11.2. The molecule has 13 nitrogen and oxygen atoms in total. The van der Waals surface area contributed by atoms with Gasteiger partial charge in [0.25, 0.3) is 5.69 Å². The number of amides is 1. The van der Waals surface area contributed by atoms with Crippen LogP contribution >= 0.6 is 0 Å². The SMILES string of the molecule is CC(=O)Nc1ccn(-c2c([N+](=O)[O-])cc([N+](=O)[O-])cc2[N+](=O)[O-])n1. The lowest BCUT2D eigenvalue weighted by Gasteiger charge is -2.04. The van der Waals surface area contributed by atoms with Crippen LogP contribution in [0.25, 0.3) is 5.69 Å². The number of hydrogen-bond acceptors (Lipinski definition) is 8. The van der Waals surface area contributed by atoms with Gasteiger partial charge in [-0.25, -0.2) is 4.68 Å². The highest BCUT2D eigenvalue weighted by molar-refractivity contribution is 5.87. The van der Waals surface area contributed by atoms with Gasteiger partial charge < -0.3 is 5.32 Å². The number of aromatic nitrogens is 2. The van der Waals surface area contributed by atoms with Crippen LogP contribution in [0.3, 0.4) is 0 Å². The van der Waals surface area contributed by atoms with E-state index in [2.05, 4.69) is 10.4 Å². The van der Waals surface area contributed by atoms with Gasteiger partial charge in [0.1, 0.15) is 0 Å². The fraction of sp³-hybridized carbons (Fsp3) is 0.0909. The Labute approximate surface area is 131 Å². The lowest BCUT2D eigenvalue weighted by atomic mass is 10.2. The Morgan fingerprint density at radius 1 is 1.08 bits per heavy atom. The van der Waals surface area contributed by atoms with Crippen molar-refractivity contribution in [3.8, 4) is 5.69 Å². The monoisotopic (exact) mass is 336 g/mol. The normalized spacial score (nSPS) is 10.2. The molecule has 0 aliphatic heterocycles. The van der Waals surface area contributed by atoms with Crippen molar-refractivity contribution in [1.29, 1.82) is 0 Å². The van der Waals surface area contributed by atoms with Gasteiger partial charge in [0, 0.05) is 19.2 Å². The molecular weight excluding hydrogens is 328 g/mol. The zero-order valence-corrected chi connectivity index (χ0v) is 11.9. The molecule has 1 heterocycles. The third-order valence-electron chi connectivity index (χ3n) is 2.78. The highest BCUT2D eigenvalue weighted by Crippen LogP contribution is 2.36. The van der Waals surface area contributed by atoms with Crippen LogP contribution in [0.1, 0.15) is 6.92 Å². The summed E-state index contributed by atoms with van der Waals surface area (Å²) >= 11 is 0. The zero-order chi connectivity index (χ0) is 18.0. The van der Waals surface area contributed by atoms with Gasteiger partial charge in [0.15, 0.2) is 5.82 Å².